The molecule has 54 valence electrons. The summed E-state index contributed by atoms with van der Waals surface area (Å²) in [7, 11) is 0. The van der Waals surface area contributed by atoms with Crippen LogP contribution >= 0.6 is 27.3 Å². The van der Waals surface area contributed by atoms with Crippen molar-refractivity contribution in [2.75, 3.05) is 0 Å². The third kappa shape index (κ3) is 1.54. The van der Waals surface area contributed by atoms with Gasteiger partial charge in [-0.25, -0.2) is 4.98 Å². The Kier molecular flexibility index (Phi) is 2.39. The number of primary amides is 1. The summed E-state index contributed by atoms with van der Waals surface area (Å²) in [6.07, 6.45) is 0. The highest BCUT2D eigenvalue weighted by atomic mass is 79.9. The fourth-order valence-electron chi connectivity index (χ4n) is 0.485. The number of nitrogens with two attached hydrogens (primary N) is 1. The quantitative estimate of drug-likeness (QED) is 0.761. The lowest BCUT2D eigenvalue weighted by Gasteiger charge is -1.82. The van der Waals surface area contributed by atoms with Gasteiger partial charge in [-0.1, -0.05) is 15.9 Å². The highest BCUT2D eigenvalue weighted by Gasteiger charge is 2.04. The Bertz CT molecular complexity index is 248. The summed E-state index contributed by atoms with van der Waals surface area (Å²) in [6, 6.07) is 0. The van der Waals surface area contributed by atoms with E-state index in [1.54, 1.807) is 5.38 Å². The highest BCUT2D eigenvalue weighted by Crippen LogP contribution is 2.11. The van der Waals surface area contributed by atoms with Gasteiger partial charge in [0.2, 0.25) is 0 Å². The van der Waals surface area contributed by atoms with Crippen molar-refractivity contribution in [1.82, 2.24) is 4.98 Å². The van der Waals surface area contributed by atoms with Gasteiger partial charge in [0.05, 0.1) is 5.33 Å². The molecule has 1 amide bonds. The molecular weight excluding hydrogens is 216 g/mol. The van der Waals surface area contributed by atoms with Crippen molar-refractivity contribution in [3.63, 3.8) is 0 Å². The van der Waals surface area contributed by atoms with E-state index in [-0.39, 0.29) is 0 Å². The molecule has 2 N–H and O–H groups in total. The first-order valence-corrected chi connectivity index (χ1v) is 4.54. The Hall–Kier alpha value is -0.420. The van der Waals surface area contributed by atoms with Crippen molar-refractivity contribution in [1.29, 1.82) is 0 Å². The number of carbonyl (C=O) groups excluding carboxylic acids is 1. The molecule has 1 rings (SSSR count). The van der Waals surface area contributed by atoms with Gasteiger partial charge in [-0.2, -0.15) is 0 Å². The molecule has 0 aliphatic rings. The molecule has 0 saturated carbocycles. The number of rotatable bonds is 2. The van der Waals surface area contributed by atoms with Crippen molar-refractivity contribution in [3.05, 3.63) is 16.1 Å². The number of halogens is 1. The van der Waals surface area contributed by atoms with Gasteiger partial charge < -0.3 is 5.73 Å². The van der Waals surface area contributed by atoms with E-state index in [4.69, 9.17) is 5.73 Å². The number of carbonyl (C=O) groups is 1. The van der Waals surface area contributed by atoms with Crippen LogP contribution in [0.2, 0.25) is 0 Å². The Labute approximate surface area is 70.4 Å². The van der Waals surface area contributed by atoms with Crippen molar-refractivity contribution in [2.24, 2.45) is 5.73 Å². The lowest BCUT2D eigenvalue weighted by molar-refractivity contribution is 0.0996. The molecule has 0 unspecified atom stereocenters. The predicted octanol–water partition coefficient (Wildman–Crippen LogP) is 1.14. The zero-order valence-electron chi connectivity index (χ0n) is 5.00. The molecule has 0 atom stereocenters. The Morgan fingerprint density at radius 3 is 2.90 bits per heavy atom. The van der Waals surface area contributed by atoms with Crippen LogP contribution in [0.1, 0.15) is 15.5 Å². The summed E-state index contributed by atoms with van der Waals surface area (Å²) in [5.41, 5.74) is 5.32. The molecule has 1 aromatic heterocycles. The molecule has 0 fully saturated rings. The second-order valence-corrected chi connectivity index (χ2v) is 3.13. The van der Waals surface area contributed by atoms with Crippen LogP contribution in [-0.2, 0) is 5.33 Å². The normalized spacial score (nSPS) is 9.70. The number of alkyl halides is 1. The summed E-state index contributed by atoms with van der Waals surface area (Å²) in [4.78, 5) is 14.4. The number of nitrogens with zero attached hydrogens (tertiary/aromatic N) is 1. The minimum absolute atomic E-state index is 0.347. The number of hydrogen-bond acceptors (Lipinski definition) is 3. The van der Waals surface area contributed by atoms with Crippen LogP contribution in [0, 0.1) is 0 Å². The molecule has 0 bridgehead atoms. The second-order valence-electron chi connectivity index (χ2n) is 1.62. The zero-order chi connectivity index (χ0) is 7.56. The van der Waals surface area contributed by atoms with E-state index in [1.807, 2.05) is 0 Å². The Morgan fingerprint density at radius 1 is 1.90 bits per heavy atom. The van der Waals surface area contributed by atoms with Crippen molar-refractivity contribution in [3.8, 4) is 0 Å². The maximum Gasteiger partial charge on any atom is 0.268 e. The van der Waals surface area contributed by atoms with E-state index < -0.39 is 5.91 Å². The average molecular weight is 221 g/mol. The molecule has 0 aliphatic heterocycles. The smallest absolute Gasteiger partial charge is 0.268 e. The van der Waals surface area contributed by atoms with Crippen LogP contribution in [0.25, 0.3) is 0 Å². The first-order chi connectivity index (χ1) is 4.74. The van der Waals surface area contributed by atoms with Crippen molar-refractivity contribution < 1.29 is 4.79 Å². The Balaban J connectivity index is 2.88. The summed E-state index contributed by atoms with van der Waals surface area (Å²) < 4.78 is 0. The molecule has 1 heterocycles. The maximum atomic E-state index is 10.5. The van der Waals surface area contributed by atoms with Crippen LogP contribution in [0.5, 0.6) is 0 Å². The SMILES string of the molecule is NC(=O)c1csc(CBr)n1. The standard InChI is InChI=1S/C5H5BrN2OS/c6-1-4-8-3(2-10-4)5(7)9/h2H,1H2,(H2,7,9). The molecule has 5 heteroatoms. The van der Waals surface area contributed by atoms with Crippen LogP contribution in [-0.4, -0.2) is 10.9 Å². The zero-order valence-corrected chi connectivity index (χ0v) is 7.41. The second kappa shape index (κ2) is 3.12. The Morgan fingerprint density at radius 2 is 2.60 bits per heavy atom. The summed E-state index contributed by atoms with van der Waals surface area (Å²) in [5, 5.41) is 3.19. The van der Waals surface area contributed by atoms with E-state index >= 15 is 0 Å². The van der Waals surface area contributed by atoms with Crippen LogP contribution in [0.4, 0.5) is 0 Å². The summed E-state index contributed by atoms with van der Waals surface area (Å²) in [5.74, 6) is -0.469. The molecule has 0 saturated heterocycles. The van der Waals surface area contributed by atoms with Crippen molar-refractivity contribution >= 4 is 33.2 Å². The van der Waals surface area contributed by atoms with E-state index in [0.717, 1.165) is 5.01 Å². The van der Waals surface area contributed by atoms with Gasteiger partial charge in [-0.15, -0.1) is 11.3 Å². The van der Waals surface area contributed by atoms with E-state index in [0.29, 0.717) is 11.0 Å². The van der Waals surface area contributed by atoms with Crippen LogP contribution in [0.3, 0.4) is 0 Å². The van der Waals surface area contributed by atoms with Gasteiger partial charge in [0, 0.05) is 5.38 Å². The molecule has 3 nitrogen and oxygen atoms in total. The predicted molar refractivity (Wildman–Crippen MR) is 43.3 cm³/mol. The number of hydrogen-bond donors (Lipinski definition) is 1. The molecule has 0 radical (unpaired) electrons. The van der Waals surface area contributed by atoms with Gasteiger partial charge in [0.1, 0.15) is 10.7 Å². The lowest BCUT2D eigenvalue weighted by atomic mass is 10.5. The topological polar surface area (TPSA) is 56.0 Å². The van der Waals surface area contributed by atoms with Gasteiger partial charge in [-0.3, -0.25) is 4.79 Å². The van der Waals surface area contributed by atoms with E-state index in [1.165, 1.54) is 11.3 Å². The number of amides is 1. The molecule has 1 aromatic rings. The molecular formula is C5H5BrN2OS. The molecule has 0 aromatic carbocycles. The maximum absolute atomic E-state index is 10.5. The van der Waals surface area contributed by atoms with E-state index in [2.05, 4.69) is 20.9 Å². The minimum Gasteiger partial charge on any atom is -0.364 e. The molecule has 0 aliphatic carbocycles. The fraction of sp³-hybridized carbons (Fsp3) is 0.200. The third-order valence-corrected chi connectivity index (χ3v) is 2.67. The van der Waals surface area contributed by atoms with Gasteiger partial charge in [0.25, 0.3) is 5.91 Å². The van der Waals surface area contributed by atoms with Crippen molar-refractivity contribution in [2.45, 2.75) is 5.33 Å². The molecule has 10 heavy (non-hydrogen) atoms. The first-order valence-electron chi connectivity index (χ1n) is 2.54. The highest BCUT2D eigenvalue weighted by molar-refractivity contribution is 9.08. The number of aromatic nitrogens is 1. The molecule has 0 spiro atoms. The summed E-state index contributed by atoms with van der Waals surface area (Å²) in [6.45, 7) is 0. The number of thiazole rings is 1. The van der Waals surface area contributed by atoms with Gasteiger partial charge in [0.15, 0.2) is 0 Å². The average Bonchev–Trinajstić information content (AvgIpc) is 2.34. The fourth-order valence-corrected chi connectivity index (χ4v) is 1.64. The monoisotopic (exact) mass is 220 g/mol. The summed E-state index contributed by atoms with van der Waals surface area (Å²) >= 11 is 4.63. The van der Waals surface area contributed by atoms with E-state index in [9.17, 15) is 4.79 Å². The van der Waals surface area contributed by atoms with Gasteiger partial charge in [-0.05, 0) is 0 Å². The minimum atomic E-state index is -0.469. The van der Waals surface area contributed by atoms with Crippen LogP contribution < -0.4 is 5.73 Å². The lowest BCUT2D eigenvalue weighted by Crippen LogP contribution is -2.11. The first kappa shape index (κ1) is 7.68. The van der Waals surface area contributed by atoms with Crippen LogP contribution in [0.15, 0.2) is 5.38 Å². The third-order valence-electron chi connectivity index (χ3n) is 0.919. The largest absolute Gasteiger partial charge is 0.364 e. The van der Waals surface area contributed by atoms with Gasteiger partial charge >= 0.3 is 0 Å².